The van der Waals surface area contributed by atoms with Crippen molar-refractivity contribution in [3.63, 3.8) is 0 Å². The molecule has 1 saturated heterocycles. The summed E-state index contributed by atoms with van der Waals surface area (Å²) in [6, 6.07) is 6.82. The Morgan fingerprint density at radius 2 is 1.89 bits per heavy atom. The average molecular weight is 425 g/mol. The number of rotatable bonds is 6. The Bertz CT molecular complexity index is 698. The van der Waals surface area contributed by atoms with Crippen LogP contribution in [0.3, 0.4) is 0 Å². The van der Waals surface area contributed by atoms with Crippen molar-refractivity contribution in [2.75, 3.05) is 44.7 Å². The molecule has 4 rings (SSSR count). The largest absolute Gasteiger partial charge is 0.368 e. The molecule has 3 aliphatic rings. The van der Waals surface area contributed by atoms with Crippen LogP contribution in [-0.2, 0) is 0 Å². The normalized spacial score (nSPS) is 25.3. The molecule has 5 nitrogen and oxygen atoms in total. The molecule has 1 aromatic carbocycles. The first-order valence-corrected chi connectivity index (χ1v) is 11.2. The van der Waals surface area contributed by atoms with E-state index < -0.39 is 0 Å². The first-order chi connectivity index (χ1) is 13.5. The van der Waals surface area contributed by atoms with Crippen LogP contribution in [0, 0.1) is 5.92 Å². The Kier molecular flexibility index (Phi) is 6.24. The van der Waals surface area contributed by atoms with Gasteiger partial charge in [0.1, 0.15) is 0 Å². The van der Waals surface area contributed by atoms with Gasteiger partial charge in [0.25, 0.3) is 0 Å². The zero-order valence-electron chi connectivity index (χ0n) is 16.5. The van der Waals surface area contributed by atoms with Crippen LogP contribution in [0.2, 0.25) is 10.0 Å². The number of nitrogens with one attached hydrogen (secondary N) is 1. The van der Waals surface area contributed by atoms with Crippen molar-refractivity contribution >= 4 is 34.9 Å². The van der Waals surface area contributed by atoms with Gasteiger partial charge in [-0.15, -0.1) is 0 Å². The molecule has 2 saturated carbocycles. The fourth-order valence-corrected chi connectivity index (χ4v) is 4.72. The van der Waals surface area contributed by atoms with Crippen molar-refractivity contribution < 1.29 is 4.79 Å². The van der Waals surface area contributed by atoms with Gasteiger partial charge < -0.3 is 15.1 Å². The number of carbonyl (C=O) groups excluding carboxylic acids is 1. The van der Waals surface area contributed by atoms with Gasteiger partial charge in [0, 0.05) is 45.3 Å². The molecule has 0 spiro atoms. The summed E-state index contributed by atoms with van der Waals surface area (Å²) in [6.07, 6.45) is 5.80. The highest BCUT2D eigenvalue weighted by Gasteiger charge is 2.34. The van der Waals surface area contributed by atoms with Crippen molar-refractivity contribution in [2.45, 2.75) is 44.2 Å². The monoisotopic (exact) mass is 424 g/mol. The average Bonchev–Trinajstić information content (AvgIpc) is 3.50. The summed E-state index contributed by atoms with van der Waals surface area (Å²) in [6.45, 7) is 5.22. The fourth-order valence-electron chi connectivity index (χ4n) is 4.31. The van der Waals surface area contributed by atoms with E-state index in [4.69, 9.17) is 23.2 Å². The Balaban J connectivity index is 1.13. The second-order valence-electron chi connectivity index (χ2n) is 8.52. The number of urea groups is 1. The Labute approximate surface area is 177 Å². The maximum atomic E-state index is 12.1. The molecular weight excluding hydrogens is 395 g/mol. The summed E-state index contributed by atoms with van der Waals surface area (Å²) in [5, 5.41) is 4.46. The molecule has 0 bridgehead atoms. The maximum Gasteiger partial charge on any atom is 0.317 e. The lowest BCUT2D eigenvalue weighted by atomic mass is 9.78. The second-order valence-corrected chi connectivity index (χ2v) is 9.30. The number of hydrogen-bond acceptors (Lipinski definition) is 3. The van der Waals surface area contributed by atoms with Crippen LogP contribution in [0.1, 0.15) is 32.1 Å². The predicted molar refractivity (Wildman–Crippen MR) is 116 cm³/mol. The smallest absolute Gasteiger partial charge is 0.317 e. The van der Waals surface area contributed by atoms with Crippen LogP contribution in [0.5, 0.6) is 0 Å². The number of amides is 2. The number of hydrogen-bond donors (Lipinski definition) is 1. The molecule has 0 radical (unpaired) electrons. The minimum Gasteiger partial charge on any atom is -0.368 e. The molecule has 28 heavy (non-hydrogen) atoms. The SMILES string of the molecule is CN(C(=O)N[C@H]1C[C@@H](CCN2CCN(c3cccc(Cl)c3Cl)CC2)C1)C1CC1. The van der Waals surface area contributed by atoms with Crippen molar-refractivity contribution in [1.82, 2.24) is 15.1 Å². The molecule has 1 N–H and O–H groups in total. The van der Waals surface area contributed by atoms with E-state index in [2.05, 4.69) is 15.1 Å². The summed E-state index contributed by atoms with van der Waals surface area (Å²) in [7, 11) is 1.92. The molecule has 1 aliphatic heterocycles. The van der Waals surface area contributed by atoms with Gasteiger partial charge in [0.2, 0.25) is 0 Å². The molecule has 3 fully saturated rings. The maximum absolute atomic E-state index is 12.1. The minimum atomic E-state index is 0.113. The summed E-state index contributed by atoms with van der Waals surface area (Å²) in [5.74, 6) is 0.747. The van der Waals surface area contributed by atoms with Crippen LogP contribution in [0.25, 0.3) is 0 Å². The number of piperazine rings is 1. The van der Waals surface area contributed by atoms with Crippen LogP contribution in [0.15, 0.2) is 18.2 Å². The molecule has 0 aromatic heterocycles. The third-order valence-corrected chi connectivity index (χ3v) is 7.28. The van der Waals surface area contributed by atoms with Crippen LogP contribution in [-0.4, -0.2) is 67.7 Å². The van der Waals surface area contributed by atoms with Crippen molar-refractivity contribution in [3.8, 4) is 0 Å². The molecule has 1 aromatic rings. The number of anilines is 1. The summed E-state index contributed by atoms with van der Waals surface area (Å²) < 4.78 is 0. The van der Waals surface area contributed by atoms with Gasteiger partial charge in [0.15, 0.2) is 0 Å². The van der Waals surface area contributed by atoms with E-state index in [1.807, 2.05) is 30.1 Å². The molecule has 1 heterocycles. The highest BCUT2D eigenvalue weighted by molar-refractivity contribution is 6.43. The molecule has 7 heteroatoms. The molecule has 154 valence electrons. The second kappa shape index (κ2) is 8.68. The van der Waals surface area contributed by atoms with Crippen molar-refractivity contribution in [2.24, 2.45) is 5.92 Å². The van der Waals surface area contributed by atoms with E-state index >= 15 is 0 Å². The third kappa shape index (κ3) is 4.69. The zero-order chi connectivity index (χ0) is 19.7. The number of halogens is 2. The van der Waals surface area contributed by atoms with E-state index in [0.29, 0.717) is 22.1 Å². The lowest BCUT2D eigenvalue weighted by molar-refractivity contribution is 0.158. The highest BCUT2D eigenvalue weighted by Crippen LogP contribution is 2.34. The molecule has 2 aliphatic carbocycles. The van der Waals surface area contributed by atoms with Gasteiger partial charge in [-0.1, -0.05) is 29.3 Å². The topological polar surface area (TPSA) is 38.8 Å². The van der Waals surface area contributed by atoms with Gasteiger partial charge in [-0.05, 0) is 56.7 Å². The van der Waals surface area contributed by atoms with Gasteiger partial charge in [-0.3, -0.25) is 4.90 Å². The Morgan fingerprint density at radius 1 is 1.18 bits per heavy atom. The summed E-state index contributed by atoms with van der Waals surface area (Å²) >= 11 is 12.5. The predicted octanol–water partition coefficient (Wildman–Crippen LogP) is 4.09. The Hall–Kier alpha value is -1.17. The first-order valence-electron chi connectivity index (χ1n) is 10.5. The zero-order valence-corrected chi connectivity index (χ0v) is 18.1. The van der Waals surface area contributed by atoms with Crippen molar-refractivity contribution in [3.05, 3.63) is 28.2 Å². The van der Waals surface area contributed by atoms with Gasteiger partial charge in [-0.25, -0.2) is 4.79 Å². The Morgan fingerprint density at radius 3 is 2.57 bits per heavy atom. The van der Waals surface area contributed by atoms with E-state index in [9.17, 15) is 4.79 Å². The lowest BCUT2D eigenvalue weighted by Crippen LogP contribution is -2.50. The summed E-state index contributed by atoms with van der Waals surface area (Å²) in [5.41, 5.74) is 1.04. The molecular formula is C21H30Cl2N4O. The quantitative estimate of drug-likeness (QED) is 0.747. The van der Waals surface area contributed by atoms with Crippen LogP contribution < -0.4 is 10.2 Å². The van der Waals surface area contributed by atoms with Gasteiger partial charge in [-0.2, -0.15) is 0 Å². The van der Waals surface area contributed by atoms with Crippen LogP contribution in [0.4, 0.5) is 10.5 Å². The third-order valence-electron chi connectivity index (χ3n) is 6.48. The van der Waals surface area contributed by atoms with Crippen LogP contribution >= 0.6 is 23.2 Å². The van der Waals surface area contributed by atoms with E-state index in [0.717, 1.165) is 70.0 Å². The number of nitrogens with zero attached hydrogens (tertiary/aromatic N) is 3. The van der Waals surface area contributed by atoms with Crippen molar-refractivity contribution in [1.29, 1.82) is 0 Å². The van der Waals surface area contributed by atoms with E-state index in [1.54, 1.807) is 0 Å². The van der Waals surface area contributed by atoms with E-state index in [1.165, 1.54) is 6.42 Å². The molecule has 0 unspecified atom stereocenters. The highest BCUT2D eigenvalue weighted by atomic mass is 35.5. The molecule has 2 amide bonds. The summed E-state index contributed by atoms with van der Waals surface area (Å²) in [4.78, 5) is 18.9. The number of carbonyl (C=O) groups is 1. The molecule has 0 atom stereocenters. The van der Waals surface area contributed by atoms with Gasteiger partial charge in [0.05, 0.1) is 15.7 Å². The van der Waals surface area contributed by atoms with E-state index in [-0.39, 0.29) is 6.03 Å². The lowest BCUT2D eigenvalue weighted by Gasteiger charge is -2.40. The van der Waals surface area contributed by atoms with Gasteiger partial charge >= 0.3 is 6.03 Å². The fraction of sp³-hybridized carbons (Fsp3) is 0.667. The standard InChI is InChI=1S/C21H30Cl2N4O/c1-25(17-5-6-17)21(28)24-16-13-15(14-16)7-8-26-9-11-27(12-10-26)19-4-2-3-18(22)20(19)23/h2-4,15-17H,5-14H2,1H3,(H,24,28)/t15-,16+. The minimum absolute atomic E-state index is 0.113. The first kappa shape index (κ1) is 20.1. The number of benzene rings is 1.